The molecular formula is C19H17ClN4O4. The number of benzene rings is 2. The van der Waals surface area contributed by atoms with Gasteiger partial charge >= 0.3 is 0 Å². The van der Waals surface area contributed by atoms with E-state index in [1.807, 2.05) is 13.8 Å². The molecule has 28 heavy (non-hydrogen) atoms. The second-order valence-electron chi connectivity index (χ2n) is 6.02. The molecule has 0 bridgehead atoms. The zero-order valence-corrected chi connectivity index (χ0v) is 15.9. The van der Waals surface area contributed by atoms with Crippen LogP contribution in [0.25, 0.3) is 0 Å². The molecule has 0 aliphatic rings. The van der Waals surface area contributed by atoms with Crippen molar-refractivity contribution in [1.82, 2.24) is 9.78 Å². The molecule has 0 atom stereocenters. The molecule has 0 spiro atoms. The smallest absolute Gasteiger partial charge is 0.275 e. The van der Waals surface area contributed by atoms with Crippen molar-refractivity contribution in [3.63, 3.8) is 0 Å². The first-order valence-corrected chi connectivity index (χ1v) is 8.81. The zero-order chi connectivity index (χ0) is 20.3. The van der Waals surface area contributed by atoms with Crippen molar-refractivity contribution >= 4 is 28.9 Å². The van der Waals surface area contributed by atoms with Crippen LogP contribution in [0.15, 0.2) is 48.8 Å². The number of rotatable bonds is 6. The number of nitro benzene ring substituents is 1. The molecule has 0 radical (unpaired) electrons. The normalized spacial score (nSPS) is 10.5. The van der Waals surface area contributed by atoms with Gasteiger partial charge in [0.1, 0.15) is 11.5 Å². The van der Waals surface area contributed by atoms with Gasteiger partial charge in [-0.25, -0.2) is 0 Å². The highest BCUT2D eigenvalue weighted by Gasteiger charge is 2.15. The minimum absolute atomic E-state index is 0.205. The first-order chi connectivity index (χ1) is 13.4. The number of nitrogens with zero attached hydrogens (tertiary/aromatic N) is 3. The van der Waals surface area contributed by atoms with Gasteiger partial charge in [0.05, 0.1) is 28.4 Å². The molecule has 8 nitrogen and oxygen atoms in total. The number of nitro groups is 1. The Morgan fingerprint density at radius 1 is 1.32 bits per heavy atom. The molecule has 2 aromatic carbocycles. The lowest BCUT2D eigenvalue weighted by atomic mass is 10.2. The van der Waals surface area contributed by atoms with Crippen molar-refractivity contribution in [2.75, 3.05) is 5.32 Å². The van der Waals surface area contributed by atoms with Crippen LogP contribution in [0.3, 0.4) is 0 Å². The number of amides is 1. The van der Waals surface area contributed by atoms with E-state index in [0.717, 1.165) is 5.56 Å². The third-order valence-corrected chi connectivity index (χ3v) is 4.18. The average molecular weight is 401 g/mol. The maximum Gasteiger partial charge on any atom is 0.275 e. The fraction of sp³-hybridized carbons (Fsp3) is 0.158. The van der Waals surface area contributed by atoms with Gasteiger partial charge in [-0.15, -0.1) is 0 Å². The van der Waals surface area contributed by atoms with Crippen LogP contribution in [0.4, 0.5) is 11.4 Å². The van der Waals surface area contributed by atoms with Gasteiger partial charge in [0.25, 0.3) is 11.6 Å². The first kappa shape index (κ1) is 19.4. The summed E-state index contributed by atoms with van der Waals surface area (Å²) in [5.74, 6) is 0.305. The Morgan fingerprint density at radius 3 is 2.75 bits per heavy atom. The lowest BCUT2D eigenvalue weighted by Crippen LogP contribution is -2.11. The second kappa shape index (κ2) is 8.10. The highest BCUT2D eigenvalue weighted by Crippen LogP contribution is 2.32. The van der Waals surface area contributed by atoms with Crippen molar-refractivity contribution in [3.8, 4) is 11.5 Å². The number of hydrogen-bond donors (Lipinski definition) is 1. The van der Waals surface area contributed by atoms with Gasteiger partial charge in [-0.3, -0.25) is 19.6 Å². The predicted octanol–water partition coefficient (Wildman–Crippen LogP) is 4.82. The van der Waals surface area contributed by atoms with Gasteiger partial charge in [0.2, 0.25) is 0 Å². The average Bonchev–Trinajstić information content (AvgIpc) is 3.13. The molecule has 1 amide bonds. The quantitative estimate of drug-likeness (QED) is 0.472. The number of carbonyl (C=O) groups excluding carboxylic acids is 1. The van der Waals surface area contributed by atoms with Crippen LogP contribution < -0.4 is 10.1 Å². The Hall–Kier alpha value is -3.39. The molecule has 0 fully saturated rings. The number of halogens is 1. The Morgan fingerprint density at radius 2 is 2.11 bits per heavy atom. The number of anilines is 1. The van der Waals surface area contributed by atoms with Gasteiger partial charge in [-0.1, -0.05) is 11.6 Å². The molecule has 1 heterocycles. The van der Waals surface area contributed by atoms with Crippen molar-refractivity contribution < 1.29 is 14.5 Å². The monoisotopic (exact) mass is 400 g/mol. The van der Waals surface area contributed by atoms with E-state index in [4.69, 9.17) is 16.3 Å². The van der Waals surface area contributed by atoms with E-state index < -0.39 is 10.8 Å². The summed E-state index contributed by atoms with van der Waals surface area (Å²) in [5, 5.41) is 18.5. The topological polar surface area (TPSA) is 99.3 Å². The van der Waals surface area contributed by atoms with E-state index in [9.17, 15) is 14.9 Å². The van der Waals surface area contributed by atoms with E-state index in [1.54, 1.807) is 29.1 Å². The number of nitrogens with one attached hydrogen (secondary N) is 1. The van der Waals surface area contributed by atoms with Crippen LogP contribution in [0.2, 0.25) is 5.02 Å². The van der Waals surface area contributed by atoms with E-state index in [0.29, 0.717) is 22.9 Å². The molecule has 0 aliphatic carbocycles. The van der Waals surface area contributed by atoms with E-state index in [1.165, 1.54) is 24.4 Å². The maximum atomic E-state index is 12.4. The van der Waals surface area contributed by atoms with Crippen molar-refractivity contribution in [3.05, 3.63) is 75.1 Å². The van der Waals surface area contributed by atoms with Crippen molar-refractivity contribution in [1.29, 1.82) is 0 Å². The van der Waals surface area contributed by atoms with Crippen LogP contribution in [0.5, 0.6) is 11.5 Å². The molecule has 1 N–H and O–H groups in total. The summed E-state index contributed by atoms with van der Waals surface area (Å²) in [6.07, 6.45) is 3.03. The molecule has 0 unspecified atom stereocenters. The maximum absolute atomic E-state index is 12.4. The minimum atomic E-state index is -0.549. The molecule has 0 aliphatic heterocycles. The van der Waals surface area contributed by atoms with Crippen molar-refractivity contribution in [2.45, 2.75) is 20.4 Å². The summed E-state index contributed by atoms with van der Waals surface area (Å²) in [5.41, 5.74) is 1.16. The lowest BCUT2D eigenvalue weighted by molar-refractivity contribution is -0.384. The number of carbonyl (C=O) groups is 1. The van der Waals surface area contributed by atoms with E-state index >= 15 is 0 Å². The molecule has 1 aromatic heterocycles. The molecule has 9 heteroatoms. The Bertz CT molecular complexity index is 1050. The van der Waals surface area contributed by atoms with Crippen LogP contribution in [0.1, 0.15) is 22.8 Å². The summed E-state index contributed by atoms with van der Waals surface area (Å²) in [4.78, 5) is 23.1. The minimum Gasteiger partial charge on any atom is -0.457 e. The molecular weight excluding hydrogens is 384 g/mol. The summed E-state index contributed by atoms with van der Waals surface area (Å²) in [7, 11) is 0. The Labute approximate surface area is 165 Å². The van der Waals surface area contributed by atoms with E-state index in [-0.39, 0.29) is 17.1 Å². The number of ether oxygens (including phenoxy) is 1. The predicted molar refractivity (Wildman–Crippen MR) is 105 cm³/mol. The number of hydrogen-bond acceptors (Lipinski definition) is 5. The summed E-state index contributed by atoms with van der Waals surface area (Å²) in [6.45, 7) is 4.34. The zero-order valence-electron chi connectivity index (χ0n) is 15.2. The Balaban J connectivity index is 1.88. The number of non-ortho nitro benzene ring substituents is 1. The Kier molecular flexibility index (Phi) is 5.60. The summed E-state index contributed by atoms with van der Waals surface area (Å²) < 4.78 is 7.38. The lowest BCUT2D eigenvalue weighted by Gasteiger charge is -2.11. The van der Waals surface area contributed by atoms with Gasteiger partial charge in [-0.05, 0) is 37.6 Å². The molecule has 3 rings (SSSR count). The van der Waals surface area contributed by atoms with Crippen LogP contribution in [-0.4, -0.2) is 20.6 Å². The fourth-order valence-electron chi connectivity index (χ4n) is 2.53. The molecule has 0 saturated carbocycles. The third kappa shape index (κ3) is 4.47. The largest absolute Gasteiger partial charge is 0.457 e. The van der Waals surface area contributed by atoms with Crippen LogP contribution in [0, 0.1) is 17.0 Å². The number of aryl methyl sites for hydroxylation is 2. The summed E-state index contributed by atoms with van der Waals surface area (Å²) in [6, 6.07) is 9.14. The standard InChI is InChI=1S/C19H17ClN4O4/c1-3-23-11-13(10-21-23)19(25)22-15-7-16(24(26)27)9-17(8-15)28-18-5-4-14(20)6-12(18)2/h4-11H,3H2,1-2H3,(H,22,25). The molecule has 144 valence electrons. The van der Waals surface area contributed by atoms with Gasteiger partial charge < -0.3 is 10.1 Å². The van der Waals surface area contributed by atoms with Gasteiger partial charge in [-0.2, -0.15) is 5.10 Å². The first-order valence-electron chi connectivity index (χ1n) is 8.43. The SMILES string of the molecule is CCn1cc(C(=O)Nc2cc(Oc3ccc(Cl)cc3C)cc([N+](=O)[O-])c2)cn1. The molecule has 0 saturated heterocycles. The van der Waals surface area contributed by atoms with Crippen LogP contribution >= 0.6 is 11.6 Å². The fourth-order valence-corrected chi connectivity index (χ4v) is 2.76. The highest BCUT2D eigenvalue weighted by molar-refractivity contribution is 6.30. The number of aromatic nitrogens is 2. The third-order valence-electron chi connectivity index (χ3n) is 3.94. The molecule has 3 aromatic rings. The summed E-state index contributed by atoms with van der Waals surface area (Å²) >= 11 is 5.94. The van der Waals surface area contributed by atoms with E-state index in [2.05, 4.69) is 10.4 Å². The van der Waals surface area contributed by atoms with Gasteiger partial charge in [0.15, 0.2) is 0 Å². The van der Waals surface area contributed by atoms with Crippen LogP contribution in [-0.2, 0) is 6.54 Å². The van der Waals surface area contributed by atoms with Gasteiger partial charge in [0, 0.05) is 29.9 Å². The highest BCUT2D eigenvalue weighted by atomic mass is 35.5. The second-order valence-corrected chi connectivity index (χ2v) is 6.46. The van der Waals surface area contributed by atoms with Crippen molar-refractivity contribution in [2.24, 2.45) is 0 Å².